The first kappa shape index (κ1) is 14.2. The van der Waals surface area contributed by atoms with Crippen LogP contribution in [0.25, 0.3) is 0 Å². The van der Waals surface area contributed by atoms with E-state index in [4.69, 9.17) is 14.9 Å². The van der Waals surface area contributed by atoms with Crippen molar-refractivity contribution in [2.24, 2.45) is 0 Å². The first-order chi connectivity index (χ1) is 7.81. The lowest BCUT2D eigenvalue weighted by Crippen LogP contribution is -2.52. The van der Waals surface area contributed by atoms with Gasteiger partial charge in [0, 0.05) is 0 Å². The fourth-order valence-corrected chi connectivity index (χ4v) is 1.56. The third-order valence-electron chi connectivity index (χ3n) is 2.41. The van der Waals surface area contributed by atoms with Crippen molar-refractivity contribution in [1.29, 1.82) is 0 Å². The molecule has 1 aliphatic heterocycles. The summed E-state index contributed by atoms with van der Waals surface area (Å²) in [5.41, 5.74) is 0. The smallest absolute Gasteiger partial charge is 0.394 e. The van der Waals surface area contributed by atoms with E-state index in [1.165, 1.54) is 5.32 Å². The van der Waals surface area contributed by atoms with Gasteiger partial charge in [-0.3, -0.25) is 4.79 Å². The standard InChI is InChI=1S/C8H12F3NO5/c9-8(10,11)7(16)12-5-3(1-13)17-4(2-14)6(5)15/h3-6,13-15H,1-2H2,(H,12,16)/t3-,4-,5-,6-/m1/s1. The number of carbonyl (C=O) groups excluding carboxylic acids is 1. The van der Waals surface area contributed by atoms with Gasteiger partial charge in [0.15, 0.2) is 0 Å². The van der Waals surface area contributed by atoms with Crippen LogP contribution in [0.3, 0.4) is 0 Å². The molecule has 1 saturated heterocycles. The Hall–Kier alpha value is -0.900. The summed E-state index contributed by atoms with van der Waals surface area (Å²) in [6, 6.07) is -1.41. The molecule has 1 rings (SSSR count). The first-order valence-corrected chi connectivity index (χ1v) is 4.74. The molecular weight excluding hydrogens is 247 g/mol. The minimum absolute atomic E-state index is 0.629. The Balaban J connectivity index is 2.71. The predicted octanol–water partition coefficient (Wildman–Crippen LogP) is -1.85. The Morgan fingerprint density at radius 1 is 1.24 bits per heavy atom. The second-order valence-corrected chi connectivity index (χ2v) is 3.57. The lowest BCUT2D eigenvalue weighted by molar-refractivity contribution is -0.175. The lowest BCUT2D eigenvalue weighted by Gasteiger charge is -2.21. The first-order valence-electron chi connectivity index (χ1n) is 4.74. The zero-order chi connectivity index (χ0) is 13.2. The zero-order valence-corrected chi connectivity index (χ0v) is 8.52. The van der Waals surface area contributed by atoms with Gasteiger partial charge in [0.2, 0.25) is 0 Å². The highest BCUT2D eigenvalue weighted by atomic mass is 19.4. The summed E-state index contributed by atoms with van der Waals surface area (Å²) < 4.78 is 40.8. The van der Waals surface area contributed by atoms with Gasteiger partial charge < -0.3 is 25.4 Å². The molecule has 17 heavy (non-hydrogen) atoms. The summed E-state index contributed by atoms with van der Waals surface area (Å²) in [4.78, 5) is 10.7. The molecule has 4 atom stereocenters. The minimum atomic E-state index is -5.09. The summed E-state index contributed by atoms with van der Waals surface area (Å²) in [5.74, 6) is -2.23. The number of alkyl halides is 3. The summed E-state index contributed by atoms with van der Waals surface area (Å²) in [6.45, 7) is -1.31. The molecule has 4 N–H and O–H groups in total. The maximum absolute atomic E-state index is 12.0. The monoisotopic (exact) mass is 259 g/mol. The van der Waals surface area contributed by atoms with E-state index in [-0.39, 0.29) is 0 Å². The largest absolute Gasteiger partial charge is 0.471 e. The van der Waals surface area contributed by atoms with E-state index in [2.05, 4.69) is 0 Å². The fourth-order valence-electron chi connectivity index (χ4n) is 1.56. The highest BCUT2D eigenvalue weighted by Gasteiger charge is 2.48. The van der Waals surface area contributed by atoms with Crippen molar-refractivity contribution in [3.63, 3.8) is 0 Å². The number of hydrogen-bond acceptors (Lipinski definition) is 5. The molecule has 0 aromatic rings. The van der Waals surface area contributed by atoms with Gasteiger partial charge in [-0.1, -0.05) is 0 Å². The van der Waals surface area contributed by atoms with Gasteiger partial charge in [-0.05, 0) is 0 Å². The van der Waals surface area contributed by atoms with Gasteiger partial charge in [0.25, 0.3) is 0 Å². The molecule has 0 unspecified atom stereocenters. The molecule has 0 aromatic heterocycles. The number of ether oxygens (including phenoxy) is 1. The average molecular weight is 259 g/mol. The Bertz CT molecular complexity index is 283. The average Bonchev–Trinajstić information content (AvgIpc) is 2.54. The van der Waals surface area contributed by atoms with E-state index >= 15 is 0 Å². The molecule has 0 bridgehead atoms. The van der Waals surface area contributed by atoms with Gasteiger partial charge in [-0.15, -0.1) is 0 Å². The van der Waals surface area contributed by atoms with Crippen LogP contribution in [0, 0.1) is 0 Å². The van der Waals surface area contributed by atoms with Crippen LogP contribution in [-0.4, -0.2) is 65.0 Å². The number of nitrogens with one attached hydrogen (secondary N) is 1. The number of amides is 1. The third kappa shape index (κ3) is 3.06. The minimum Gasteiger partial charge on any atom is -0.394 e. The summed E-state index contributed by atoms with van der Waals surface area (Å²) in [7, 11) is 0. The van der Waals surface area contributed by atoms with Gasteiger partial charge in [-0.25, -0.2) is 0 Å². The van der Waals surface area contributed by atoms with E-state index in [0.29, 0.717) is 0 Å². The van der Waals surface area contributed by atoms with E-state index in [0.717, 1.165) is 0 Å². The second kappa shape index (κ2) is 5.17. The van der Waals surface area contributed by atoms with Crippen LogP contribution in [0.5, 0.6) is 0 Å². The molecule has 0 saturated carbocycles. The van der Waals surface area contributed by atoms with Gasteiger partial charge in [-0.2, -0.15) is 13.2 Å². The molecule has 1 heterocycles. The van der Waals surface area contributed by atoms with Crippen LogP contribution in [0.4, 0.5) is 13.2 Å². The van der Waals surface area contributed by atoms with Crippen LogP contribution in [0.15, 0.2) is 0 Å². The van der Waals surface area contributed by atoms with E-state index in [9.17, 15) is 23.1 Å². The zero-order valence-electron chi connectivity index (χ0n) is 8.52. The lowest BCUT2D eigenvalue weighted by atomic mass is 10.1. The molecule has 0 aromatic carbocycles. The fraction of sp³-hybridized carbons (Fsp3) is 0.875. The van der Waals surface area contributed by atoms with E-state index in [1.807, 2.05) is 0 Å². The summed E-state index contributed by atoms with van der Waals surface area (Å²) in [5, 5.41) is 28.6. The number of rotatable bonds is 3. The highest BCUT2D eigenvalue weighted by Crippen LogP contribution is 2.23. The van der Waals surface area contributed by atoms with E-state index < -0.39 is 49.7 Å². The Labute approximate surface area is 94.0 Å². The second-order valence-electron chi connectivity index (χ2n) is 3.57. The van der Waals surface area contributed by atoms with E-state index in [1.54, 1.807) is 0 Å². The SMILES string of the molecule is O=C(N[C@H]1[C@H](O)[C@@H](CO)O[C@@H]1CO)C(F)(F)F. The van der Waals surface area contributed by atoms with Crippen LogP contribution in [0.1, 0.15) is 0 Å². The highest BCUT2D eigenvalue weighted by molar-refractivity contribution is 5.82. The van der Waals surface area contributed by atoms with Crippen molar-refractivity contribution in [2.75, 3.05) is 13.2 Å². The van der Waals surface area contributed by atoms with Crippen molar-refractivity contribution in [1.82, 2.24) is 5.32 Å². The number of aliphatic hydroxyl groups excluding tert-OH is 3. The molecule has 0 aliphatic carbocycles. The topological polar surface area (TPSA) is 99.0 Å². The van der Waals surface area contributed by atoms with Crippen molar-refractivity contribution in [3.05, 3.63) is 0 Å². The van der Waals surface area contributed by atoms with Crippen molar-refractivity contribution >= 4 is 5.91 Å². The molecule has 1 fully saturated rings. The summed E-state index contributed by atoms with van der Waals surface area (Å²) in [6.07, 6.45) is -8.92. The Morgan fingerprint density at radius 2 is 1.76 bits per heavy atom. The molecule has 1 aliphatic rings. The Morgan fingerprint density at radius 3 is 2.18 bits per heavy atom. The van der Waals surface area contributed by atoms with Gasteiger partial charge >= 0.3 is 12.1 Å². The maximum Gasteiger partial charge on any atom is 0.471 e. The molecule has 6 nitrogen and oxygen atoms in total. The van der Waals surface area contributed by atoms with Crippen LogP contribution in [-0.2, 0) is 9.53 Å². The Kier molecular flexibility index (Phi) is 4.31. The van der Waals surface area contributed by atoms with Crippen LogP contribution in [0.2, 0.25) is 0 Å². The van der Waals surface area contributed by atoms with Crippen molar-refractivity contribution in [3.8, 4) is 0 Å². The molecule has 1 amide bonds. The molecule has 0 radical (unpaired) electrons. The van der Waals surface area contributed by atoms with Crippen LogP contribution < -0.4 is 5.32 Å². The molecule has 100 valence electrons. The summed E-state index contributed by atoms with van der Waals surface area (Å²) >= 11 is 0. The normalized spacial score (nSPS) is 33.8. The van der Waals surface area contributed by atoms with Gasteiger partial charge in [0.05, 0.1) is 19.3 Å². The number of hydrogen-bond donors (Lipinski definition) is 4. The molecular formula is C8H12F3NO5. The number of halogens is 3. The van der Waals surface area contributed by atoms with Gasteiger partial charge in [0.1, 0.15) is 18.3 Å². The predicted molar refractivity (Wildman–Crippen MR) is 46.8 cm³/mol. The number of aliphatic hydroxyl groups is 3. The quantitative estimate of drug-likeness (QED) is 0.477. The molecule has 0 spiro atoms. The molecule has 9 heteroatoms. The van der Waals surface area contributed by atoms with Crippen LogP contribution >= 0.6 is 0 Å². The third-order valence-corrected chi connectivity index (χ3v) is 2.41. The van der Waals surface area contributed by atoms with Crippen molar-refractivity contribution in [2.45, 2.75) is 30.5 Å². The van der Waals surface area contributed by atoms with Crippen molar-refractivity contribution < 1.29 is 38.0 Å². The number of carbonyl (C=O) groups is 1. The maximum atomic E-state index is 12.0.